The van der Waals surface area contributed by atoms with Gasteiger partial charge >= 0.3 is 5.97 Å². The Labute approximate surface area is 107 Å². The molecule has 1 amide bonds. The Morgan fingerprint density at radius 3 is 2.76 bits per heavy atom. The fourth-order valence-corrected chi connectivity index (χ4v) is 2.23. The highest BCUT2D eigenvalue weighted by atomic mass is 35.5. The summed E-state index contributed by atoms with van der Waals surface area (Å²) in [5.74, 6) is -1.36. The van der Waals surface area contributed by atoms with Crippen LogP contribution in [-0.4, -0.2) is 36.7 Å². The topological polar surface area (TPSA) is 75.6 Å². The van der Waals surface area contributed by atoms with Gasteiger partial charge in [0.1, 0.15) is 0 Å². The first-order chi connectivity index (χ1) is 8.02. The van der Waals surface area contributed by atoms with E-state index in [0.29, 0.717) is 4.34 Å². The Morgan fingerprint density at radius 1 is 1.59 bits per heavy atom. The lowest BCUT2D eigenvalue weighted by molar-refractivity contribution is -0.148. The third-order valence-corrected chi connectivity index (χ3v) is 3.24. The van der Waals surface area contributed by atoms with Crippen LogP contribution in [0.25, 0.3) is 0 Å². The van der Waals surface area contributed by atoms with Crippen molar-refractivity contribution in [3.05, 3.63) is 21.3 Å². The van der Waals surface area contributed by atoms with Gasteiger partial charge in [0.15, 0.2) is 6.10 Å². The van der Waals surface area contributed by atoms with Gasteiger partial charge in [-0.05, 0) is 12.1 Å². The number of ether oxygens (including phenoxy) is 1. The molecule has 1 rings (SSSR count). The highest BCUT2D eigenvalue weighted by molar-refractivity contribution is 7.16. The van der Waals surface area contributed by atoms with E-state index in [1.807, 2.05) is 0 Å². The van der Waals surface area contributed by atoms with Crippen LogP contribution in [0.15, 0.2) is 12.1 Å². The molecule has 1 aromatic heterocycles. The summed E-state index contributed by atoms with van der Waals surface area (Å²) in [6.07, 6.45) is -0.834. The number of carbonyl (C=O) groups is 2. The SMILES string of the molecule is COC(CNC(=O)Cc1ccc(Cl)s1)C(=O)O. The molecule has 0 spiro atoms. The van der Waals surface area contributed by atoms with Crippen molar-refractivity contribution in [2.75, 3.05) is 13.7 Å². The summed E-state index contributed by atoms with van der Waals surface area (Å²) in [6.45, 7) is -0.0518. The molecule has 94 valence electrons. The van der Waals surface area contributed by atoms with Crippen LogP contribution in [0, 0.1) is 0 Å². The van der Waals surface area contributed by atoms with Crippen molar-refractivity contribution in [2.24, 2.45) is 0 Å². The van der Waals surface area contributed by atoms with Gasteiger partial charge in [0, 0.05) is 12.0 Å². The molecular formula is C10H12ClNO4S. The zero-order valence-corrected chi connectivity index (χ0v) is 10.7. The van der Waals surface area contributed by atoms with Crippen LogP contribution in [0.3, 0.4) is 0 Å². The number of methoxy groups -OCH3 is 1. The molecule has 1 unspecified atom stereocenters. The largest absolute Gasteiger partial charge is 0.479 e. The number of halogens is 1. The summed E-state index contributed by atoms with van der Waals surface area (Å²) >= 11 is 7.04. The van der Waals surface area contributed by atoms with Crippen molar-refractivity contribution in [3.63, 3.8) is 0 Å². The van der Waals surface area contributed by atoms with Crippen LogP contribution in [-0.2, 0) is 20.7 Å². The number of carbonyl (C=O) groups excluding carboxylic acids is 1. The van der Waals surface area contributed by atoms with Gasteiger partial charge in [-0.15, -0.1) is 11.3 Å². The molecule has 1 aromatic rings. The molecule has 0 aliphatic heterocycles. The Kier molecular flexibility index (Phi) is 5.40. The molecule has 5 nitrogen and oxygen atoms in total. The van der Waals surface area contributed by atoms with E-state index in [9.17, 15) is 9.59 Å². The Hall–Kier alpha value is -1.11. The maximum absolute atomic E-state index is 11.5. The summed E-state index contributed by atoms with van der Waals surface area (Å²) in [6, 6.07) is 3.47. The molecule has 0 radical (unpaired) electrons. The predicted octanol–water partition coefficient (Wildman–Crippen LogP) is 1.16. The van der Waals surface area contributed by atoms with Gasteiger partial charge in [0.25, 0.3) is 0 Å². The van der Waals surface area contributed by atoms with Gasteiger partial charge in [-0.25, -0.2) is 4.79 Å². The fourth-order valence-electron chi connectivity index (χ4n) is 1.15. The van der Waals surface area contributed by atoms with Crippen molar-refractivity contribution in [3.8, 4) is 0 Å². The second-order valence-corrected chi connectivity index (χ2v) is 5.05. The standard InChI is InChI=1S/C10H12ClNO4S/c1-16-7(10(14)15)5-12-9(13)4-6-2-3-8(11)17-6/h2-3,7H,4-5H2,1H3,(H,12,13)(H,14,15). The lowest BCUT2D eigenvalue weighted by Crippen LogP contribution is -2.38. The van der Waals surface area contributed by atoms with Gasteiger partial charge in [0.05, 0.1) is 17.3 Å². The Morgan fingerprint density at radius 2 is 2.29 bits per heavy atom. The number of aliphatic carboxylic acids is 1. The van der Waals surface area contributed by atoms with Crippen molar-refractivity contribution in [1.29, 1.82) is 0 Å². The third kappa shape index (κ3) is 4.72. The first kappa shape index (κ1) is 14.0. The predicted molar refractivity (Wildman–Crippen MR) is 64.5 cm³/mol. The number of nitrogens with one attached hydrogen (secondary N) is 1. The number of carboxylic acid groups (broad SMARTS) is 1. The molecule has 1 atom stereocenters. The summed E-state index contributed by atoms with van der Waals surface area (Å²) in [4.78, 5) is 22.9. The van der Waals surface area contributed by atoms with Crippen molar-refractivity contribution in [2.45, 2.75) is 12.5 Å². The van der Waals surface area contributed by atoms with Crippen molar-refractivity contribution in [1.82, 2.24) is 5.32 Å². The highest BCUT2D eigenvalue weighted by Gasteiger charge is 2.17. The smallest absolute Gasteiger partial charge is 0.334 e. The molecule has 17 heavy (non-hydrogen) atoms. The van der Waals surface area contributed by atoms with Crippen molar-refractivity contribution < 1.29 is 19.4 Å². The van der Waals surface area contributed by atoms with Crippen LogP contribution in [0.1, 0.15) is 4.88 Å². The summed E-state index contributed by atoms with van der Waals surface area (Å²) in [5, 5.41) is 11.2. The number of hydrogen-bond donors (Lipinski definition) is 2. The highest BCUT2D eigenvalue weighted by Crippen LogP contribution is 2.21. The van der Waals surface area contributed by atoms with E-state index in [2.05, 4.69) is 10.1 Å². The van der Waals surface area contributed by atoms with Crippen LogP contribution in [0.5, 0.6) is 0 Å². The molecule has 0 aromatic carbocycles. The third-order valence-electron chi connectivity index (χ3n) is 2.01. The first-order valence-electron chi connectivity index (χ1n) is 4.79. The number of thiophene rings is 1. The zero-order chi connectivity index (χ0) is 12.8. The van der Waals surface area contributed by atoms with Crippen molar-refractivity contribution >= 4 is 34.8 Å². The minimum Gasteiger partial charge on any atom is -0.479 e. The van der Waals surface area contributed by atoms with E-state index in [1.165, 1.54) is 18.4 Å². The normalized spacial score (nSPS) is 12.1. The first-order valence-corrected chi connectivity index (χ1v) is 5.99. The lowest BCUT2D eigenvalue weighted by atomic mass is 10.3. The quantitative estimate of drug-likeness (QED) is 0.818. The van der Waals surface area contributed by atoms with Crippen LogP contribution >= 0.6 is 22.9 Å². The van der Waals surface area contributed by atoms with E-state index >= 15 is 0 Å². The average molecular weight is 278 g/mol. The van der Waals surface area contributed by atoms with E-state index in [-0.39, 0.29) is 18.9 Å². The number of carboxylic acids is 1. The van der Waals surface area contributed by atoms with Gasteiger partial charge in [-0.1, -0.05) is 11.6 Å². The molecule has 0 saturated heterocycles. The van der Waals surface area contributed by atoms with E-state index in [1.54, 1.807) is 12.1 Å². The van der Waals surface area contributed by atoms with Crippen LogP contribution in [0.2, 0.25) is 4.34 Å². The van der Waals surface area contributed by atoms with Crippen LogP contribution in [0.4, 0.5) is 0 Å². The summed E-state index contributed by atoms with van der Waals surface area (Å²) < 4.78 is 5.30. The minimum absolute atomic E-state index is 0.0518. The number of hydrogen-bond acceptors (Lipinski definition) is 4. The van der Waals surface area contributed by atoms with Gasteiger partial charge in [-0.2, -0.15) is 0 Å². The summed E-state index contributed by atoms with van der Waals surface area (Å²) in [7, 11) is 1.28. The lowest BCUT2D eigenvalue weighted by Gasteiger charge is -2.10. The molecule has 0 saturated carbocycles. The molecule has 0 aliphatic rings. The molecule has 0 aliphatic carbocycles. The molecule has 1 heterocycles. The number of amides is 1. The fraction of sp³-hybridized carbons (Fsp3) is 0.400. The van der Waals surface area contributed by atoms with E-state index < -0.39 is 12.1 Å². The monoisotopic (exact) mass is 277 g/mol. The average Bonchev–Trinajstić information content (AvgIpc) is 2.64. The molecule has 0 fully saturated rings. The maximum Gasteiger partial charge on any atom is 0.334 e. The Bertz CT molecular complexity index is 407. The Balaban J connectivity index is 2.37. The van der Waals surface area contributed by atoms with Gasteiger partial charge < -0.3 is 15.2 Å². The minimum atomic E-state index is -1.10. The molecule has 2 N–H and O–H groups in total. The van der Waals surface area contributed by atoms with E-state index in [0.717, 1.165) is 4.88 Å². The maximum atomic E-state index is 11.5. The molecule has 7 heteroatoms. The van der Waals surface area contributed by atoms with E-state index in [4.69, 9.17) is 16.7 Å². The van der Waals surface area contributed by atoms with Crippen LogP contribution < -0.4 is 5.32 Å². The second kappa shape index (κ2) is 6.58. The van der Waals surface area contributed by atoms with Gasteiger partial charge in [0.2, 0.25) is 5.91 Å². The summed E-state index contributed by atoms with van der Waals surface area (Å²) in [5.41, 5.74) is 0. The number of rotatable bonds is 6. The zero-order valence-electron chi connectivity index (χ0n) is 9.10. The van der Waals surface area contributed by atoms with Gasteiger partial charge in [-0.3, -0.25) is 4.79 Å². The molecular weight excluding hydrogens is 266 g/mol. The second-order valence-electron chi connectivity index (χ2n) is 3.25. The molecule has 0 bridgehead atoms.